The van der Waals surface area contributed by atoms with Gasteiger partial charge in [0.15, 0.2) is 5.82 Å². The zero-order valence-electron chi connectivity index (χ0n) is 9.00. The molecular weight excluding hydrogens is 271 g/mol. The van der Waals surface area contributed by atoms with Crippen LogP contribution in [0.25, 0.3) is 11.0 Å². The van der Waals surface area contributed by atoms with Gasteiger partial charge in [0.1, 0.15) is 11.3 Å². The van der Waals surface area contributed by atoms with Crippen molar-refractivity contribution >= 4 is 27.0 Å². The van der Waals surface area contributed by atoms with E-state index in [4.69, 9.17) is 0 Å². The lowest BCUT2D eigenvalue weighted by molar-refractivity contribution is 0.625. The Hall–Kier alpha value is -0.900. The number of halogens is 2. The molecule has 2 aromatic rings. The molecule has 16 heavy (non-hydrogen) atoms. The second kappa shape index (κ2) is 3.55. The molecule has 1 fully saturated rings. The molecule has 0 aliphatic heterocycles. The van der Waals surface area contributed by atoms with E-state index < -0.39 is 0 Å². The maximum absolute atomic E-state index is 13.7. The molecule has 0 atom stereocenters. The van der Waals surface area contributed by atoms with Gasteiger partial charge in [-0.05, 0) is 37.8 Å². The number of fused-ring (bicyclic) bond motifs is 1. The Morgan fingerprint density at radius 3 is 2.94 bits per heavy atom. The van der Waals surface area contributed by atoms with Crippen LogP contribution in [0.15, 0.2) is 16.6 Å². The van der Waals surface area contributed by atoms with E-state index in [9.17, 15) is 4.39 Å². The molecule has 2 nitrogen and oxygen atoms in total. The van der Waals surface area contributed by atoms with Gasteiger partial charge in [-0.25, -0.2) is 9.37 Å². The largest absolute Gasteiger partial charge is 0.328 e. The Morgan fingerprint density at radius 1 is 1.50 bits per heavy atom. The van der Waals surface area contributed by atoms with E-state index in [1.807, 2.05) is 13.0 Å². The van der Waals surface area contributed by atoms with E-state index in [-0.39, 0.29) is 5.82 Å². The summed E-state index contributed by atoms with van der Waals surface area (Å²) in [5.41, 5.74) is 1.39. The number of imidazole rings is 1. The minimum absolute atomic E-state index is 0.248. The highest BCUT2D eigenvalue weighted by molar-refractivity contribution is 9.10. The molecule has 0 N–H and O–H groups in total. The minimum atomic E-state index is -0.248. The van der Waals surface area contributed by atoms with Crippen LogP contribution in [0, 0.1) is 18.7 Å². The lowest BCUT2D eigenvalue weighted by atomic mass is 10.3. The highest BCUT2D eigenvalue weighted by Gasteiger charge is 2.24. The molecule has 1 aliphatic rings. The first-order valence-electron chi connectivity index (χ1n) is 5.47. The second-order valence-electron chi connectivity index (χ2n) is 4.47. The quantitative estimate of drug-likeness (QED) is 0.822. The van der Waals surface area contributed by atoms with E-state index >= 15 is 0 Å². The molecule has 0 spiro atoms. The highest BCUT2D eigenvalue weighted by Crippen LogP contribution is 2.33. The molecule has 0 saturated heterocycles. The summed E-state index contributed by atoms with van der Waals surface area (Å²) in [6.07, 6.45) is 2.57. The van der Waals surface area contributed by atoms with Gasteiger partial charge in [0.05, 0.1) is 5.52 Å². The third-order valence-electron chi connectivity index (χ3n) is 3.10. The molecule has 1 saturated carbocycles. The molecule has 0 bridgehead atoms. The average molecular weight is 283 g/mol. The molecule has 3 rings (SSSR count). The summed E-state index contributed by atoms with van der Waals surface area (Å²) in [4.78, 5) is 4.30. The van der Waals surface area contributed by atoms with E-state index in [0.29, 0.717) is 5.52 Å². The fraction of sp³-hybridized carbons (Fsp3) is 0.417. The Kier molecular flexibility index (Phi) is 2.28. The number of nitrogens with zero attached hydrogens (tertiary/aromatic N) is 2. The smallest absolute Gasteiger partial charge is 0.152 e. The number of hydrogen-bond acceptors (Lipinski definition) is 1. The topological polar surface area (TPSA) is 17.8 Å². The summed E-state index contributed by atoms with van der Waals surface area (Å²) in [5.74, 6) is 1.42. The van der Waals surface area contributed by atoms with Gasteiger partial charge in [0.2, 0.25) is 0 Å². The standard InChI is InChI=1S/C12H12BrFN2/c1-7-15-12-10(14)4-9(13)5-11(12)16(7)6-8-2-3-8/h4-5,8H,2-3,6H2,1H3. The average Bonchev–Trinajstić information content (AvgIpc) is 2.96. The summed E-state index contributed by atoms with van der Waals surface area (Å²) in [7, 11) is 0. The Labute approximate surface area is 102 Å². The van der Waals surface area contributed by atoms with Crippen LogP contribution in [-0.4, -0.2) is 9.55 Å². The molecule has 1 aliphatic carbocycles. The van der Waals surface area contributed by atoms with Crippen LogP contribution in [-0.2, 0) is 6.54 Å². The molecule has 4 heteroatoms. The van der Waals surface area contributed by atoms with E-state index in [2.05, 4.69) is 25.5 Å². The second-order valence-corrected chi connectivity index (χ2v) is 5.38. The summed E-state index contributed by atoms with van der Waals surface area (Å²) in [6, 6.07) is 3.41. The van der Waals surface area contributed by atoms with Gasteiger partial charge in [0.25, 0.3) is 0 Å². The number of benzene rings is 1. The van der Waals surface area contributed by atoms with Crippen molar-refractivity contribution in [3.05, 3.63) is 28.2 Å². The van der Waals surface area contributed by atoms with Gasteiger partial charge in [0, 0.05) is 11.0 Å². The van der Waals surface area contributed by atoms with Gasteiger partial charge in [-0.2, -0.15) is 0 Å². The van der Waals surface area contributed by atoms with E-state index in [1.165, 1.54) is 18.9 Å². The first kappa shape index (κ1) is 10.3. The fourth-order valence-electron chi connectivity index (χ4n) is 2.05. The van der Waals surface area contributed by atoms with Crippen molar-refractivity contribution in [2.75, 3.05) is 0 Å². The predicted octanol–water partition coefficient (Wildman–Crippen LogP) is 3.66. The van der Waals surface area contributed by atoms with E-state index in [1.54, 1.807) is 0 Å². The summed E-state index contributed by atoms with van der Waals surface area (Å²) in [5, 5.41) is 0. The Morgan fingerprint density at radius 2 is 2.25 bits per heavy atom. The minimum Gasteiger partial charge on any atom is -0.328 e. The number of aromatic nitrogens is 2. The van der Waals surface area contributed by atoms with Crippen LogP contribution < -0.4 is 0 Å². The Bertz CT molecular complexity index is 558. The van der Waals surface area contributed by atoms with Gasteiger partial charge in [-0.1, -0.05) is 15.9 Å². The molecule has 1 aromatic heterocycles. The van der Waals surface area contributed by atoms with Gasteiger partial charge in [-0.15, -0.1) is 0 Å². The van der Waals surface area contributed by atoms with Crippen molar-refractivity contribution in [3.63, 3.8) is 0 Å². The summed E-state index contributed by atoms with van der Waals surface area (Å²) in [6.45, 7) is 2.91. The number of hydrogen-bond donors (Lipinski definition) is 0. The van der Waals surface area contributed by atoms with Gasteiger partial charge in [-0.3, -0.25) is 0 Å². The lowest BCUT2D eigenvalue weighted by Gasteiger charge is -2.05. The van der Waals surface area contributed by atoms with Gasteiger partial charge < -0.3 is 4.57 Å². The van der Waals surface area contributed by atoms with Crippen LogP contribution in [0.5, 0.6) is 0 Å². The van der Waals surface area contributed by atoms with Crippen LogP contribution in [0.3, 0.4) is 0 Å². The highest BCUT2D eigenvalue weighted by atomic mass is 79.9. The first-order valence-corrected chi connectivity index (χ1v) is 6.26. The number of rotatable bonds is 2. The van der Waals surface area contributed by atoms with Crippen molar-refractivity contribution in [2.24, 2.45) is 5.92 Å². The zero-order chi connectivity index (χ0) is 11.3. The molecule has 1 aromatic carbocycles. The van der Waals surface area contributed by atoms with Crippen molar-refractivity contribution in [2.45, 2.75) is 26.3 Å². The van der Waals surface area contributed by atoms with Crippen LogP contribution in [0.2, 0.25) is 0 Å². The SMILES string of the molecule is Cc1nc2c(F)cc(Br)cc2n1CC1CC1. The number of aryl methyl sites for hydroxylation is 1. The third kappa shape index (κ3) is 1.65. The summed E-state index contributed by atoms with van der Waals surface area (Å²) >= 11 is 3.33. The van der Waals surface area contributed by atoms with Crippen LogP contribution in [0.4, 0.5) is 4.39 Å². The maximum atomic E-state index is 13.7. The van der Waals surface area contributed by atoms with Crippen LogP contribution >= 0.6 is 15.9 Å². The van der Waals surface area contributed by atoms with Crippen molar-refractivity contribution in [1.29, 1.82) is 0 Å². The predicted molar refractivity (Wildman–Crippen MR) is 64.9 cm³/mol. The first-order chi connectivity index (χ1) is 7.65. The van der Waals surface area contributed by atoms with E-state index in [0.717, 1.165) is 28.3 Å². The third-order valence-corrected chi connectivity index (χ3v) is 3.56. The Balaban J connectivity index is 2.21. The molecule has 0 unspecified atom stereocenters. The van der Waals surface area contributed by atoms with Gasteiger partial charge >= 0.3 is 0 Å². The lowest BCUT2D eigenvalue weighted by Crippen LogP contribution is -2.01. The normalized spacial score (nSPS) is 15.9. The fourth-order valence-corrected chi connectivity index (χ4v) is 2.47. The van der Waals surface area contributed by atoms with Crippen molar-refractivity contribution < 1.29 is 4.39 Å². The molecular formula is C12H12BrFN2. The van der Waals surface area contributed by atoms with Crippen LogP contribution in [0.1, 0.15) is 18.7 Å². The molecule has 1 heterocycles. The van der Waals surface area contributed by atoms with Crippen molar-refractivity contribution in [3.8, 4) is 0 Å². The molecule has 84 valence electrons. The zero-order valence-corrected chi connectivity index (χ0v) is 10.6. The maximum Gasteiger partial charge on any atom is 0.152 e. The molecule has 0 amide bonds. The van der Waals surface area contributed by atoms with Crippen molar-refractivity contribution in [1.82, 2.24) is 9.55 Å². The molecule has 0 radical (unpaired) electrons. The monoisotopic (exact) mass is 282 g/mol. The summed E-state index contributed by atoms with van der Waals surface area (Å²) < 4.78 is 16.6.